The molecule has 5 nitrogen and oxygen atoms in total. The third kappa shape index (κ3) is 5.97. The quantitative estimate of drug-likeness (QED) is 0.522. The molecule has 1 aliphatic rings. The number of amides is 1. The number of nitrogens with zero attached hydrogens (tertiary/aromatic N) is 3. The van der Waals surface area contributed by atoms with Gasteiger partial charge in [0.05, 0.1) is 12.3 Å². The molecule has 162 valence electrons. The molecule has 1 heterocycles. The fourth-order valence-corrected chi connectivity index (χ4v) is 4.94. The van der Waals surface area contributed by atoms with E-state index in [4.69, 9.17) is 0 Å². The molecule has 1 aromatic heterocycles. The predicted molar refractivity (Wildman–Crippen MR) is 125 cm³/mol. The van der Waals surface area contributed by atoms with Gasteiger partial charge in [0.1, 0.15) is 5.82 Å². The van der Waals surface area contributed by atoms with Crippen LogP contribution in [0.1, 0.15) is 49.6 Å². The molecule has 3 aromatic rings. The molecular formula is C25H30N4OS. The molecule has 1 fully saturated rings. The van der Waals surface area contributed by atoms with Crippen LogP contribution >= 0.6 is 11.8 Å². The topological polar surface area (TPSA) is 59.8 Å². The van der Waals surface area contributed by atoms with Crippen molar-refractivity contribution in [2.45, 2.75) is 56.8 Å². The predicted octanol–water partition coefficient (Wildman–Crippen LogP) is 4.70. The lowest BCUT2D eigenvalue weighted by molar-refractivity contribution is -0.119. The third-order valence-corrected chi connectivity index (χ3v) is 6.94. The second-order valence-electron chi connectivity index (χ2n) is 8.36. The van der Waals surface area contributed by atoms with E-state index in [9.17, 15) is 4.79 Å². The molecule has 31 heavy (non-hydrogen) atoms. The Morgan fingerprint density at radius 2 is 1.68 bits per heavy atom. The number of hydrogen-bond donors (Lipinski definition) is 1. The van der Waals surface area contributed by atoms with Crippen molar-refractivity contribution in [1.29, 1.82) is 0 Å². The highest BCUT2D eigenvalue weighted by Gasteiger charge is 2.23. The average Bonchev–Trinajstić information content (AvgIpc) is 3.16. The van der Waals surface area contributed by atoms with Gasteiger partial charge < -0.3 is 9.88 Å². The molecule has 0 spiro atoms. The fraction of sp³-hybridized carbons (Fsp3) is 0.400. The average molecular weight is 435 g/mol. The number of carbonyl (C=O) groups excluding carboxylic acids is 1. The van der Waals surface area contributed by atoms with Crippen molar-refractivity contribution in [3.8, 4) is 0 Å². The van der Waals surface area contributed by atoms with E-state index in [1.165, 1.54) is 42.2 Å². The summed E-state index contributed by atoms with van der Waals surface area (Å²) in [5, 5.41) is 12.9. The fourth-order valence-electron chi connectivity index (χ4n) is 4.17. The Morgan fingerprint density at radius 3 is 2.39 bits per heavy atom. The van der Waals surface area contributed by atoms with Gasteiger partial charge in [0, 0.05) is 12.5 Å². The van der Waals surface area contributed by atoms with Crippen LogP contribution in [0.25, 0.3) is 0 Å². The highest BCUT2D eigenvalue weighted by atomic mass is 32.2. The summed E-state index contributed by atoms with van der Waals surface area (Å²) in [6.07, 6.45) is 5.48. The Bertz CT molecular complexity index is 974. The van der Waals surface area contributed by atoms with E-state index >= 15 is 0 Å². The molecule has 0 aliphatic heterocycles. The van der Waals surface area contributed by atoms with Gasteiger partial charge in [-0.1, -0.05) is 92.2 Å². The molecule has 1 N–H and O–H groups in total. The van der Waals surface area contributed by atoms with Crippen LogP contribution in [0.5, 0.6) is 0 Å². The van der Waals surface area contributed by atoms with E-state index in [0.717, 1.165) is 17.4 Å². The summed E-state index contributed by atoms with van der Waals surface area (Å²) in [5.74, 6) is 1.92. The zero-order chi connectivity index (χ0) is 21.5. The SMILES string of the molecule is CC1CCCCC1NC(=O)CSc1nnc(Cc2ccccc2)n1Cc1ccccc1. The summed E-state index contributed by atoms with van der Waals surface area (Å²) >= 11 is 1.47. The monoisotopic (exact) mass is 434 g/mol. The normalized spacial score (nSPS) is 18.6. The van der Waals surface area contributed by atoms with Crippen LogP contribution in [0, 0.1) is 5.92 Å². The van der Waals surface area contributed by atoms with Crippen LogP contribution < -0.4 is 5.32 Å². The van der Waals surface area contributed by atoms with Crippen molar-refractivity contribution in [3.63, 3.8) is 0 Å². The maximum Gasteiger partial charge on any atom is 0.230 e. The third-order valence-electron chi connectivity index (χ3n) is 5.97. The molecule has 2 aromatic carbocycles. The number of hydrogen-bond acceptors (Lipinski definition) is 4. The van der Waals surface area contributed by atoms with Crippen molar-refractivity contribution in [1.82, 2.24) is 20.1 Å². The van der Waals surface area contributed by atoms with Gasteiger partial charge in [-0.25, -0.2) is 0 Å². The van der Waals surface area contributed by atoms with Gasteiger partial charge in [-0.2, -0.15) is 0 Å². The molecule has 2 unspecified atom stereocenters. The number of rotatable bonds is 8. The first-order valence-electron chi connectivity index (χ1n) is 11.1. The number of aromatic nitrogens is 3. The van der Waals surface area contributed by atoms with Crippen LogP contribution in [0.4, 0.5) is 0 Å². The van der Waals surface area contributed by atoms with Crippen molar-refractivity contribution in [2.75, 3.05) is 5.75 Å². The number of carbonyl (C=O) groups is 1. The molecule has 6 heteroatoms. The molecule has 4 rings (SSSR count). The Balaban J connectivity index is 1.46. The van der Waals surface area contributed by atoms with E-state index < -0.39 is 0 Å². The maximum absolute atomic E-state index is 12.6. The minimum absolute atomic E-state index is 0.0858. The minimum Gasteiger partial charge on any atom is -0.352 e. The molecule has 1 saturated carbocycles. The van der Waals surface area contributed by atoms with E-state index in [1.54, 1.807) is 0 Å². The smallest absolute Gasteiger partial charge is 0.230 e. The van der Waals surface area contributed by atoms with Crippen molar-refractivity contribution in [3.05, 3.63) is 77.6 Å². The largest absolute Gasteiger partial charge is 0.352 e. The first kappa shape index (κ1) is 21.6. The van der Waals surface area contributed by atoms with Crippen molar-refractivity contribution < 1.29 is 4.79 Å². The van der Waals surface area contributed by atoms with Crippen LogP contribution in [-0.4, -0.2) is 32.5 Å². The lowest BCUT2D eigenvalue weighted by Gasteiger charge is -2.29. The van der Waals surface area contributed by atoms with Crippen LogP contribution in [0.3, 0.4) is 0 Å². The highest BCUT2D eigenvalue weighted by Crippen LogP contribution is 2.24. The first-order chi connectivity index (χ1) is 15.2. The number of nitrogens with one attached hydrogen (secondary N) is 1. The van der Waals surface area contributed by atoms with Gasteiger partial charge in [-0.05, 0) is 29.9 Å². The van der Waals surface area contributed by atoms with Crippen LogP contribution in [0.15, 0.2) is 65.8 Å². The van der Waals surface area contributed by atoms with E-state index in [-0.39, 0.29) is 5.91 Å². The lowest BCUT2D eigenvalue weighted by Crippen LogP contribution is -2.41. The summed E-state index contributed by atoms with van der Waals surface area (Å²) in [4.78, 5) is 12.6. The van der Waals surface area contributed by atoms with Crippen LogP contribution in [-0.2, 0) is 17.8 Å². The van der Waals surface area contributed by atoms with Gasteiger partial charge in [-0.3, -0.25) is 4.79 Å². The molecule has 0 bridgehead atoms. The van der Waals surface area contributed by atoms with E-state index in [0.29, 0.717) is 30.7 Å². The second-order valence-corrected chi connectivity index (χ2v) is 9.30. The number of thioether (sulfide) groups is 1. The minimum atomic E-state index is 0.0858. The molecule has 0 radical (unpaired) electrons. The summed E-state index contributed by atoms with van der Waals surface area (Å²) in [7, 11) is 0. The summed E-state index contributed by atoms with van der Waals surface area (Å²) < 4.78 is 2.14. The van der Waals surface area contributed by atoms with Crippen molar-refractivity contribution in [2.24, 2.45) is 5.92 Å². The van der Waals surface area contributed by atoms with E-state index in [1.807, 2.05) is 36.4 Å². The summed E-state index contributed by atoms with van der Waals surface area (Å²) in [6, 6.07) is 20.9. The Labute approximate surface area is 188 Å². The van der Waals surface area contributed by atoms with Gasteiger partial charge in [-0.15, -0.1) is 10.2 Å². The molecule has 1 aliphatic carbocycles. The van der Waals surface area contributed by atoms with E-state index in [2.05, 4.69) is 51.3 Å². The Hall–Kier alpha value is -2.60. The van der Waals surface area contributed by atoms with Crippen LogP contribution in [0.2, 0.25) is 0 Å². The summed E-state index contributed by atoms with van der Waals surface area (Å²) in [6.45, 7) is 2.93. The standard InChI is InChI=1S/C25H30N4OS/c1-19-10-8-9-15-22(19)26-24(30)18-31-25-28-27-23(16-20-11-4-2-5-12-20)29(25)17-21-13-6-3-7-14-21/h2-7,11-14,19,22H,8-10,15-18H2,1H3,(H,26,30). The highest BCUT2D eigenvalue weighted by molar-refractivity contribution is 7.99. The lowest BCUT2D eigenvalue weighted by atomic mass is 9.86. The summed E-state index contributed by atoms with van der Waals surface area (Å²) in [5.41, 5.74) is 2.39. The zero-order valence-corrected chi connectivity index (χ0v) is 18.9. The van der Waals surface area contributed by atoms with Gasteiger partial charge in [0.15, 0.2) is 5.16 Å². The zero-order valence-electron chi connectivity index (χ0n) is 18.0. The Kier molecular flexibility index (Phi) is 7.41. The molecule has 1 amide bonds. The molecular weight excluding hydrogens is 404 g/mol. The molecule has 0 saturated heterocycles. The number of benzene rings is 2. The van der Waals surface area contributed by atoms with Crippen molar-refractivity contribution >= 4 is 17.7 Å². The Morgan fingerprint density at radius 1 is 1.00 bits per heavy atom. The van der Waals surface area contributed by atoms with Gasteiger partial charge in [0.25, 0.3) is 0 Å². The second kappa shape index (κ2) is 10.6. The van der Waals surface area contributed by atoms with Gasteiger partial charge in [0.2, 0.25) is 5.91 Å². The maximum atomic E-state index is 12.6. The first-order valence-corrected chi connectivity index (χ1v) is 12.1. The van der Waals surface area contributed by atoms with Gasteiger partial charge >= 0.3 is 0 Å². The molecule has 2 atom stereocenters.